The Kier molecular flexibility index (Phi) is 4.75. The number of amides is 1. The lowest BCUT2D eigenvalue weighted by Gasteiger charge is -2.14. The molecule has 2 rings (SSSR count). The van der Waals surface area contributed by atoms with Crippen LogP contribution in [0.3, 0.4) is 0 Å². The fourth-order valence-electron chi connectivity index (χ4n) is 2.04. The Morgan fingerprint density at radius 3 is 2.82 bits per heavy atom. The molecule has 1 fully saturated rings. The molecule has 1 aromatic rings. The normalized spacial score (nSPS) is 23.9. The number of carbonyl (C=O) groups is 1. The van der Waals surface area contributed by atoms with Crippen LogP contribution in [0.5, 0.6) is 0 Å². The lowest BCUT2D eigenvalue weighted by molar-refractivity contribution is 0.0948. The summed E-state index contributed by atoms with van der Waals surface area (Å²) >= 11 is 16.6. The zero-order chi connectivity index (χ0) is 12.4. The summed E-state index contributed by atoms with van der Waals surface area (Å²) in [6.45, 7) is 0.693. The SMILES string of the molecule is O=C(NCC1CCCC1Br)c1cc(Cl)sc1Cl. The van der Waals surface area contributed by atoms with E-state index in [4.69, 9.17) is 23.2 Å². The van der Waals surface area contributed by atoms with Crippen molar-refractivity contribution in [2.45, 2.75) is 24.1 Å². The fourth-order valence-corrected chi connectivity index (χ4v) is 4.27. The summed E-state index contributed by atoms with van der Waals surface area (Å²) in [5, 5.41) is 2.92. The molecule has 1 saturated carbocycles. The Labute approximate surface area is 123 Å². The number of carbonyl (C=O) groups excluding carboxylic acids is 1. The molecule has 94 valence electrons. The van der Waals surface area contributed by atoms with E-state index in [0.717, 1.165) is 6.42 Å². The number of halogens is 3. The van der Waals surface area contributed by atoms with Crippen LogP contribution in [0, 0.1) is 5.92 Å². The van der Waals surface area contributed by atoms with E-state index in [9.17, 15) is 4.79 Å². The van der Waals surface area contributed by atoms with Crippen LogP contribution in [0.15, 0.2) is 6.07 Å². The highest BCUT2D eigenvalue weighted by atomic mass is 79.9. The van der Waals surface area contributed by atoms with Crippen molar-refractivity contribution in [1.82, 2.24) is 5.32 Å². The summed E-state index contributed by atoms with van der Waals surface area (Å²) in [6, 6.07) is 1.62. The van der Waals surface area contributed by atoms with Gasteiger partial charge in [-0.15, -0.1) is 11.3 Å². The molecule has 1 N–H and O–H groups in total. The lowest BCUT2D eigenvalue weighted by atomic mass is 10.1. The van der Waals surface area contributed by atoms with Gasteiger partial charge in [0, 0.05) is 11.4 Å². The molecule has 6 heteroatoms. The first-order valence-corrected chi connectivity index (χ1v) is 7.94. The zero-order valence-corrected chi connectivity index (χ0v) is 12.9. The third-order valence-corrected chi connectivity index (χ3v) is 5.69. The maximum absolute atomic E-state index is 11.9. The van der Waals surface area contributed by atoms with E-state index in [2.05, 4.69) is 21.2 Å². The molecule has 0 saturated heterocycles. The molecule has 2 atom stereocenters. The topological polar surface area (TPSA) is 29.1 Å². The molecule has 1 amide bonds. The number of rotatable bonds is 3. The van der Waals surface area contributed by atoms with Gasteiger partial charge in [-0.25, -0.2) is 0 Å². The summed E-state index contributed by atoms with van der Waals surface area (Å²) in [5.74, 6) is 0.386. The molecule has 17 heavy (non-hydrogen) atoms. The predicted molar refractivity (Wildman–Crippen MR) is 76.7 cm³/mol. The van der Waals surface area contributed by atoms with Crippen molar-refractivity contribution in [3.63, 3.8) is 0 Å². The van der Waals surface area contributed by atoms with E-state index >= 15 is 0 Å². The maximum Gasteiger partial charge on any atom is 0.253 e. The minimum absolute atomic E-state index is 0.134. The van der Waals surface area contributed by atoms with Crippen molar-refractivity contribution in [2.75, 3.05) is 6.54 Å². The molecule has 1 aliphatic carbocycles. The van der Waals surface area contributed by atoms with Crippen LogP contribution in [-0.2, 0) is 0 Å². The van der Waals surface area contributed by atoms with Gasteiger partial charge < -0.3 is 5.32 Å². The third-order valence-electron chi connectivity index (χ3n) is 2.99. The Bertz CT molecular complexity index is 424. The number of alkyl halides is 1. The zero-order valence-electron chi connectivity index (χ0n) is 9.01. The van der Waals surface area contributed by atoms with Crippen molar-refractivity contribution in [3.8, 4) is 0 Å². The minimum atomic E-state index is -0.134. The van der Waals surface area contributed by atoms with Gasteiger partial charge in [0.2, 0.25) is 0 Å². The molecule has 1 aromatic heterocycles. The molecule has 2 unspecified atom stereocenters. The van der Waals surface area contributed by atoms with Gasteiger partial charge in [0.25, 0.3) is 5.91 Å². The molecule has 0 radical (unpaired) electrons. The van der Waals surface area contributed by atoms with E-state index in [-0.39, 0.29) is 5.91 Å². The Morgan fingerprint density at radius 1 is 1.53 bits per heavy atom. The summed E-state index contributed by atoms with van der Waals surface area (Å²) in [6.07, 6.45) is 3.57. The molecule has 0 spiro atoms. The first-order chi connectivity index (χ1) is 8.08. The van der Waals surface area contributed by atoms with E-state index in [1.165, 1.54) is 24.2 Å². The van der Waals surface area contributed by atoms with Gasteiger partial charge >= 0.3 is 0 Å². The number of thiophene rings is 1. The molecule has 2 nitrogen and oxygen atoms in total. The molecule has 1 aliphatic rings. The van der Waals surface area contributed by atoms with E-state index in [1.807, 2.05) is 0 Å². The van der Waals surface area contributed by atoms with Gasteiger partial charge in [0.15, 0.2) is 0 Å². The predicted octanol–water partition coefficient (Wildman–Crippen LogP) is 4.35. The molecular formula is C11H12BrCl2NOS. The third kappa shape index (κ3) is 3.37. The van der Waals surface area contributed by atoms with E-state index in [0.29, 0.717) is 31.5 Å². The van der Waals surface area contributed by atoms with Crippen molar-refractivity contribution in [3.05, 3.63) is 20.3 Å². The van der Waals surface area contributed by atoms with Gasteiger partial charge in [-0.2, -0.15) is 0 Å². The molecule has 0 aliphatic heterocycles. The average Bonchev–Trinajstić information content (AvgIpc) is 2.81. The second-order valence-electron chi connectivity index (χ2n) is 4.15. The minimum Gasteiger partial charge on any atom is -0.352 e. The molecule has 1 heterocycles. The van der Waals surface area contributed by atoms with Crippen LogP contribution in [-0.4, -0.2) is 17.3 Å². The standard InChI is InChI=1S/C11H12BrCl2NOS/c12-8-3-1-2-6(8)5-15-11(16)7-4-9(13)17-10(7)14/h4,6,8H,1-3,5H2,(H,15,16). The average molecular weight is 357 g/mol. The van der Waals surface area contributed by atoms with Crippen LogP contribution in [0.2, 0.25) is 8.67 Å². The second-order valence-corrected chi connectivity index (χ2v) is 7.62. The first kappa shape index (κ1) is 13.7. The summed E-state index contributed by atoms with van der Waals surface area (Å²) in [5.41, 5.74) is 0.478. The Morgan fingerprint density at radius 2 is 2.29 bits per heavy atom. The quantitative estimate of drug-likeness (QED) is 0.801. The van der Waals surface area contributed by atoms with Gasteiger partial charge in [-0.1, -0.05) is 45.6 Å². The van der Waals surface area contributed by atoms with Crippen molar-refractivity contribution in [2.24, 2.45) is 5.92 Å². The van der Waals surface area contributed by atoms with Crippen LogP contribution in [0.4, 0.5) is 0 Å². The highest BCUT2D eigenvalue weighted by Gasteiger charge is 2.25. The maximum atomic E-state index is 11.9. The summed E-state index contributed by atoms with van der Waals surface area (Å²) < 4.78 is 0.994. The van der Waals surface area contributed by atoms with E-state index < -0.39 is 0 Å². The van der Waals surface area contributed by atoms with Crippen LogP contribution < -0.4 is 5.32 Å². The lowest BCUT2D eigenvalue weighted by Crippen LogP contribution is -2.30. The fraction of sp³-hybridized carbons (Fsp3) is 0.545. The highest BCUT2D eigenvalue weighted by molar-refractivity contribution is 9.09. The van der Waals surface area contributed by atoms with Gasteiger partial charge in [-0.3, -0.25) is 4.79 Å². The Balaban J connectivity index is 1.91. The summed E-state index contributed by atoms with van der Waals surface area (Å²) in [7, 11) is 0. The molecule has 0 aromatic carbocycles. The van der Waals surface area contributed by atoms with Crippen molar-refractivity contribution in [1.29, 1.82) is 0 Å². The van der Waals surface area contributed by atoms with Gasteiger partial charge in [-0.05, 0) is 24.8 Å². The van der Waals surface area contributed by atoms with Crippen LogP contribution >= 0.6 is 50.5 Å². The highest BCUT2D eigenvalue weighted by Crippen LogP contribution is 2.32. The number of nitrogens with one attached hydrogen (secondary N) is 1. The first-order valence-electron chi connectivity index (χ1n) is 5.45. The monoisotopic (exact) mass is 355 g/mol. The van der Waals surface area contributed by atoms with E-state index in [1.54, 1.807) is 6.07 Å². The number of hydrogen-bond donors (Lipinski definition) is 1. The smallest absolute Gasteiger partial charge is 0.253 e. The molecular weight excluding hydrogens is 345 g/mol. The van der Waals surface area contributed by atoms with Crippen LogP contribution in [0.1, 0.15) is 29.6 Å². The van der Waals surface area contributed by atoms with Crippen molar-refractivity contribution >= 4 is 56.4 Å². The second kappa shape index (κ2) is 5.91. The van der Waals surface area contributed by atoms with Gasteiger partial charge in [0.05, 0.1) is 9.90 Å². The number of hydrogen-bond acceptors (Lipinski definition) is 2. The van der Waals surface area contributed by atoms with Gasteiger partial charge in [0.1, 0.15) is 4.34 Å². The van der Waals surface area contributed by atoms with Crippen molar-refractivity contribution < 1.29 is 4.79 Å². The summed E-state index contributed by atoms with van der Waals surface area (Å²) in [4.78, 5) is 12.4. The molecule has 0 bridgehead atoms. The van der Waals surface area contributed by atoms with Crippen LogP contribution in [0.25, 0.3) is 0 Å². The Hall–Kier alpha value is 0.230. The largest absolute Gasteiger partial charge is 0.352 e.